The van der Waals surface area contributed by atoms with Crippen molar-refractivity contribution in [1.29, 1.82) is 0 Å². The van der Waals surface area contributed by atoms with Crippen LogP contribution < -0.4 is 49.5 Å². The number of nitrogens with zero attached hydrogens (tertiary/aromatic N) is 3. The number of aliphatic imine (C=N–C) groups is 1. The SMILES string of the molecule is CC(C)C[C@H](NC(=O)CCC1CCCCC1)C(=O)N[C@@H](CC(C)C)C(=O)N[C@@H](Cc1ccncc1)C(=O)N1CCC[C@H]1C(=O)N[C@@H](CCCN=C(N)N)C(=O)N[C@@H](CC(N)=O)C(N)=O. The van der Waals surface area contributed by atoms with Crippen LogP contribution in [0.25, 0.3) is 0 Å². The zero-order valence-electron chi connectivity index (χ0n) is 37.9. The third-order valence-corrected chi connectivity index (χ3v) is 11.5. The van der Waals surface area contributed by atoms with Gasteiger partial charge in [-0.1, -0.05) is 59.8 Å². The Morgan fingerprint density at radius 3 is 1.88 bits per heavy atom. The molecule has 2 fully saturated rings. The van der Waals surface area contributed by atoms with Gasteiger partial charge in [0.25, 0.3) is 0 Å². The summed E-state index contributed by atoms with van der Waals surface area (Å²) in [5.74, 6) is -4.95. The summed E-state index contributed by atoms with van der Waals surface area (Å²) in [6, 6.07) is -3.49. The van der Waals surface area contributed by atoms with Gasteiger partial charge in [0.2, 0.25) is 47.3 Å². The van der Waals surface area contributed by atoms with Crippen molar-refractivity contribution in [2.45, 2.75) is 160 Å². The van der Waals surface area contributed by atoms with E-state index < -0.39 is 84.0 Å². The molecule has 2 heterocycles. The summed E-state index contributed by atoms with van der Waals surface area (Å²) >= 11 is 0. The Kier molecular flexibility index (Phi) is 21.9. The number of carbonyl (C=O) groups is 8. The van der Waals surface area contributed by atoms with E-state index in [4.69, 9.17) is 22.9 Å². The van der Waals surface area contributed by atoms with Crippen LogP contribution >= 0.6 is 0 Å². The zero-order valence-corrected chi connectivity index (χ0v) is 37.9. The average molecular weight is 897 g/mol. The molecule has 1 saturated heterocycles. The van der Waals surface area contributed by atoms with Crippen LogP contribution in [0, 0.1) is 17.8 Å². The molecule has 0 bridgehead atoms. The Hall–Kier alpha value is -5.82. The molecule has 2 aliphatic rings. The number of pyridine rings is 1. The second kappa shape index (κ2) is 26.7. The molecule has 1 aliphatic carbocycles. The highest BCUT2D eigenvalue weighted by Gasteiger charge is 2.40. The minimum absolute atomic E-state index is 0.00291. The van der Waals surface area contributed by atoms with Gasteiger partial charge in [-0.05, 0) is 80.4 Å². The lowest BCUT2D eigenvalue weighted by molar-refractivity contribution is -0.142. The predicted octanol–water partition coefficient (Wildman–Crippen LogP) is -0.0939. The average Bonchev–Trinajstić information content (AvgIpc) is 3.73. The molecule has 8 amide bonds. The predicted molar refractivity (Wildman–Crippen MR) is 240 cm³/mol. The molecule has 0 spiro atoms. The van der Waals surface area contributed by atoms with Gasteiger partial charge in [-0.3, -0.25) is 48.3 Å². The highest BCUT2D eigenvalue weighted by Crippen LogP contribution is 2.27. The highest BCUT2D eigenvalue weighted by atomic mass is 16.2. The Bertz CT molecular complexity index is 1770. The lowest BCUT2D eigenvalue weighted by Crippen LogP contribution is -2.60. The van der Waals surface area contributed by atoms with E-state index in [-0.39, 0.29) is 68.9 Å². The molecule has 3 rings (SSSR count). The van der Waals surface area contributed by atoms with Crippen molar-refractivity contribution < 1.29 is 38.4 Å². The summed E-state index contributed by atoms with van der Waals surface area (Å²) in [5, 5.41) is 13.7. The van der Waals surface area contributed by atoms with Crippen molar-refractivity contribution in [2.24, 2.45) is 45.7 Å². The monoisotopic (exact) mass is 897 g/mol. The Morgan fingerprint density at radius 2 is 1.30 bits per heavy atom. The number of nitrogens with two attached hydrogens (primary N) is 4. The van der Waals surface area contributed by atoms with Crippen molar-refractivity contribution in [3.8, 4) is 0 Å². The molecule has 20 nitrogen and oxygen atoms in total. The molecular formula is C44H72N12O8. The van der Waals surface area contributed by atoms with Gasteiger partial charge in [0.15, 0.2) is 5.96 Å². The molecule has 1 saturated carbocycles. The van der Waals surface area contributed by atoms with Crippen LogP contribution in [-0.2, 0) is 44.8 Å². The number of carbonyl (C=O) groups excluding carboxylic acids is 8. The fourth-order valence-corrected chi connectivity index (χ4v) is 8.22. The van der Waals surface area contributed by atoms with Crippen molar-refractivity contribution in [1.82, 2.24) is 36.5 Å². The van der Waals surface area contributed by atoms with E-state index in [1.165, 1.54) is 24.2 Å². The number of aromatic nitrogens is 1. The van der Waals surface area contributed by atoms with Gasteiger partial charge < -0.3 is 54.4 Å². The standard InChI is InChI=1S/C44H72N12O8/c1-26(2)22-32(51-37(58)15-14-28-10-6-5-7-11-28)40(61)54-33(23-27(3)4)41(62)55-34(24-29-16-19-49-20-17-29)43(64)56-21-9-13-35(56)42(63)52-30(12-8-18-50-44(47)48)39(60)53-31(38(46)59)25-36(45)57/h16-17,19-20,26-28,30-35H,5-15,18,21-25H2,1-4H3,(H2,45,57)(H2,46,59)(H,51,58)(H,52,63)(H,53,60)(H,54,61)(H,55,62)(H4,47,48,50)/t30-,31-,32-,33-,34-,35-/m0/s1. The van der Waals surface area contributed by atoms with E-state index in [2.05, 4.69) is 36.6 Å². The summed E-state index contributed by atoms with van der Waals surface area (Å²) in [4.78, 5) is 116. The molecule has 20 heteroatoms. The maximum atomic E-state index is 14.6. The van der Waals surface area contributed by atoms with E-state index in [0.29, 0.717) is 30.7 Å². The van der Waals surface area contributed by atoms with Gasteiger partial charge >= 0.3 is 0 Å². The van der Waals surface area contributed by atoms with Crippen molar-refractivity contribution in [2.75, 3.05) is 13.1 Å². The number of rotatable bonds is 26. The van der Waals surface area contributed by atoms with Gasteiger partial charge in [-0.15, -0.1) is 0 Å². The van der Waals surface area contributed by atoms with Crippen LogP contribution in [0.4, 0.5) is 0 Å². The van der Waals surface area contributed by atoms with Gasteiger partial charge in [0, 0.05) is 38.3 Å². The number of likely N-dealkylation sites (tertiary alicyclic amines) is 1. The fraction of sp³-hybridized carbons (Fsp3) is 0.682. The number of guanidine groups is 1. The molecule has 0 radical (unpaired) electrons. The highest BCUT2D eigenvalue weighted by molar-refractivity contribution is 5.98. The number of amides is 8. The van der Waals surface area contributed by atoms with E-state index in [1.807, 2.05) is 27.7 Å². The fourth-order valence-electron chi connectivity index (χ4n) is 8.22. The summed E-state index contributed by atoms with van der Waals surface area (Å²) in [7, 11) is 0. The Balaban J connectivity index is 1.83. The smallest absolute Gasteiger partial charge is 0.246 e. The van der Waals surface area contributed by atoms with Gasteiger partial charge in [0.05, 0.1) is 6.42 Å². The lowest BCUT2D eigenvalue weighted by Gasteiger charge is -2.31. The molecule has 356 valence electrons. The molecule has 1 aromatic heterocycles. The molecule has 1 aromatic rings. The molecular weight excluding hydrogens is 825 g/mol. The van der Waals surface area contributed by atoms with Crippen molar-refractivity contribution in [3.63, 3.8) is 0 Å². The quantitative estimate of drug-likeness (QED) is 0.0336. The summed E-state index contributed by atoms with van der Waals surface area (Å²) in [6.45, 7) is 7.97. The van der Waals surface area contributed by atoms with Gasteiger partial charge in [-0.2, -0.15) is 0 Å². The van der Waals surface area contributed by atoms with Crippen LogP contribution in [0.15, 0.2) is 29.5 Å². The molecule has 6 atom stereocenters. The zero-order chi connectivity index (χ0) is 47.3. The maximum Gasteiger partial charge on any atom is 0.246 e. The van der Waals surface area contributed by atoms with E-state index in [1.54, 1.807) is 24.5 Å². The molecule has 64 heavy (non-hydrogen) atoms. The summed E-state index contributed by atoms with van der Waals surface area (Å²) in [6.07, 6.45) is 10.9. The van der Waals surface area contributed by atoms with Crippen molar-refractivity contribution >= 4 is 53.2 Å². The number of hydrogen-bond donors (Lipinski definition) is 9. The van der Waals surface area contributed by atoms with Gasteiger partial charge in [-0.25, -0.2) is 0 Å². The number of hydrogen-bond acceptors (Lipinski definition) is 10. The van der Waals surface area contributed by atoms with Crippen molar-refractivity contribution in [3.05, 3.63) is 30.1 Å². The summed E-state index contributed by atoms with van der Waals surface area (Å²) in [5.41, 5.74) is 22.2. The number of nitrogens with one attached hydrogen (secondary N) is 5. The minimum Gasteiger partial charge on any atom is -0.370 e. The van der Waals surface area contributed by atoms with Crippen LogP contribution in [-0.4, -0.2) is 112 Å². The Labute approximate surface area is 376 Å². The molecule has 1 aliphatic heterocycles. The second-order valence-corrected chi connectivity index (χ2v) is 17.9. The van der Waals surface area contributed by atoms with Crippen LogP contribution in [0.1, 0.15) is 123 Å². The first-order valence-corrected chi connectivity index (χ1v) is 22.7. The van der Waals surface area contributed by atoms with Crippen LogP contribution in [0.3, 0.4) is 0 Å². The first-order chi connectivity index (χ1) is 30.3. The molecule has 13 N–H and O–H groups in total. The molecule has 0 aromatic carbocycles. The van der Waals surface area contributed by atoms with Crippen LogP contribution in [0.5, 0.6) is 0 Å². The van der Waals surface area contributed by atoms with E-state index in [0.717, 1.165) is 19.3 Å². The maximum absolute atomic E-state index is 14.6. The number of primary amides is 2. The Morgan fingerprint density at radius 1 is 0.719 bits per heavy atom. The summed E-state index contributed by atoms with van der Waals surface area (Å²) < 4.78 is 0. The second-order valence-electron chi connectivity index (χ2n) is 17.9. The minimum atomic E-state index is -1.44. The third kappa shape index (κ3) is 18.5. The third-order valence-electron chi connectivity index (χ3n) is 11.5. The largest absolute Gasteiger partial charge is 0.370 e. The van der Waals surface area contributed by atoms with E-state index >= 15 is 0 Å². The topological polar surface area (TPSA) is 329 Å². The van der Waals surface area contributed by atoms with Gasteiger partial charge in [0.1, 0.15) is 36.3 Å². The van der Waals surface area contributed by atoms with E-state index in [9.17, 15) is 38.4 Å². The molecule has 0 unspecified atom stereocenters. The normalized spacial score (nSPS) is 17.6. The first kappa shape index (κ1) is 52.5. The first-order valence-electron chi connectivity index (χ1n) is 22.7. The lowest BCUT2D eigenvalue weighted by atomic mass is 9.86. The van der Waals surface area contributed by atoms with Crippen LogP contribution in [0.2, 0.25) is 0 Å².